The van der Waals surface area contributed by atoms with Crippen molar-refractivity contribution in [2.45, 2.75) is 0 Å². The molecule has 0 aliphatic rings. The summed E-state index contributed by atoms with van der Waals surface area (Å²) in [5.74, 6) is 0. The van der Waals surface area contributed by atoms with E-state index in [0.29, 0.717) is 0 Å². The predicted molar refractivity (Wildman–Crippen MR) is 25.3 cm³/mol. The summed E-state index contributed by atoms with van der Waals surface area (Å²) in [5, 5.41) is 0. The van der Waals surface area contributed by atoms with Crippen molar-refractivity contribution in [3.8, 4) is 0 Å². The Morgan fingerprint density at radius 2 is 0.273 bits per heavy atom. The molecule has 1 radical (unpaired) electrons. The third-order valence-corrected chi connectivity index (χ3v) is 0. The van der Waals surface area contributed by atoms with Gasteiger partial charge in [0.05, 0.1) is 0 Å². The van der Waals surface area contributed by atoms with E-state index in [0.717, 1.165) is 0 Å². The fourth-order valence-electron chi connectivity index (χ4n) is 0. The van der Waals surface area contributed by atoms with Gasteiger partial charge in [-0.15, -0.1) is 0 Å². The number of halogens is 3. The number of hydrogen-bond acceptors (Lipinski definition) is 0. The van der Waals surface area contributed by atoms with Crippen LogP contribution in [0.1, 0.15) is 0 Å². The van der Waals surface area contributed by atoms with Crippen LogP contribution in [0.2, 0.25) is 0 Å². The van der Waals surface area contributed by atoms with E-state index >= 15 is 0 Å². The van der Waals surface area contributed by atoms with Crippen LogP contribution >= 0.6 is 0 Å². The first kappa shape index (κ1) is 533. The molecule has 14 N–H and O–H groups in total. The maximum Gasteiger partial charge on any atom is 3.00 e. The first-order chi connectivity index (χ1) is 0. The van der Waals surface area contributed by atoms with Gasteiger partial charge < -0.3 is 75.6 Å². The Balaban J connectivity index is 0. The molecule has 0 bridgehead atoms. The third kappa shape index (κ3) is 339. The van der Waals surface area contributed by atoms with Gasteiger partial charge in [-0.1, -0.05) is 0 Å². The van der Waals surface area contributed by atoms with Crippen molar-refractivity contribution in [3.63, 3.8) is 0 Å². The summed E-state index contributed by atoms with van der Waals surface area (Å²) >= 11 is 0. The minimum absolute atomic E-state index is 0. The van der Waals surface area contributed by atoms with Crippen LogP contribution < -0.4 is 37.2 Å². The summed E-state index contributed by atoms with van der Waals surface area (Å²) in [5.41, 5.74) is 0. The molecule has 0 aliphatic carbocycles. The topological polar surface area (TPSA) is 220 Å². The van der Waals surface area contributed by atoms with Crippen LogP contribution in [-0.4, -0.2) is 38.3 Å². The molecule has 0 rings (SSSR count). The molecular formula is H14Cl3ErO7. The van der Waals surface area contributed by atoms with Crippen LogP contribution in [0.25, 0.3) is 0 Å². The number of hydrogen-bond donors (Lipinski definition) is 0. The molecule has 7 nitrogen and oxygen atoms in total. The van der Waals surface area contributed by atoms with Crippen LogP contribution in [0.15, 0.2) is 0 Å². The number of rotatable bonds is 0. The summed E-state index contributed by atoms with van der Waals surface area (Å²) in [6.45, 7) is 0. The van der Waals surface area contributed by atoms with Gasteiger partial charge in [-0.05, 0) is 0 Å². The molecule has 11 heavy (non-hydrogen) atoms. The van der Waals surface area contributed by atoms with Gasteiger partial charge in [0.1, 0.15) is 0 Å². The van der Waals surface area contributed by atoms with Gasteiger partial charge >= 0.3 is 37.3 Å². The Morgan fingerprint density at radius 1 is 0.273 bits per heavy atom. The van der Waals surface area contributed by atoms with Crippen LogP contribution in [-0.2, 0) is 0 Å². The zero-order valence-corrected chi connectivity index (χ0v) is 9.04. The molecule has 0 fully saturated rings. The predicted octanol–water partition coefficient (Wildman–Crippen LogP) is -14.8. The molecule has 0 amide bonds. The molecule has 0 aromatic rings. The molecule has 0 aliphatic heterocycles. The third-order valence-electron chi connectivity index (χ3n) is 0. The Morgan fingerprint density at radius 3 is 0.273 bits per heavy atom. The van der Waals surface area contributed by atoms with Gasteiger partial charge in [-0.3, -0.25) is 0 Å². The summed E-state index contributed by atoms with van der Waals surface area (Å²) in [6.07, 6.45) is 0. The molecule has 0 spiro atoms. The second kappa shape index (κ2) is 412. The molecule has 0 saturated heterocycles. The second-order valence-electron chi connectivity index (χ2n) is 0. The minimum atomic E-state index is 0. The van der Waals surface area contributed by atoms with Gasteiger partial charge in [-0.2, -0.15) is 0 Å². The molecule has 0 unspecified atom stereocenters. The van der Waals surface area contributed by atoms with Crippen molar-refractivity contribution < 1.29 is 113 Å². The Bertz CT molecular complexity index is 13.6. The molecule has 11 heteroatoms. The van der Waals surface area contributed by atoms with Crippen LogP contribution in [0.4, 0.5) is 0 Å². The van der Waals surface area contributed by atoms with E-state index in [9.17, 15) is 0 Å². The van der Waals surface area contributed by atoms with Crippen LogP contribution in [0, 0.1) is 37.3 Å². The normalized spacial score (nSPS) is 0. The van der Waals surface area contributed by atoms with Crippen LogP contribution in [0.5, 0.6) is 0 Å². The Hall–Kier alpha value is 1.84. The minimum Gasteiger partial charge on any atom is -1.00 e. The van der Waals surface area contributed by atoms with E-state index in [1.807, 2.05) is 0 Å². The van der Waals surface area contributed by atoms with Crippen molar-refractivity contribution in [1.82, 2.24) is 0 Å². The van der Waals surface area contributed by atoms with Crippen molar-refractivity contribution >= 4 is 0 Å². The quantitative estimate of drug-likeness (QED) is 0.370. The van der Waals surface area contributed by atoms with Gasteiger partial charge in [0.25, 0.3) is 0 Å². The van der Waals surface area contributed by atoms with Crippen molar-refractivity contribution in [3.05, 3.63) is 0 Å². The van der Waals surface area contributed by atoms with E-state index in [4.69, 9.17) is 0 Å². The average molecular weight is 400 g/mol. The molecule has 0 aromatic heterocycles. The maximum atomic E-state index is 0. The summed E-state index contributed by atoms with van der Waals surface area (Å²) in [7, 11) is 0. The molecule has 0 saturated carbocycles. The van der Waals surface area contributed by atoms with E-state index in [-0.39, 0.29) is 113 Å². The average Bonchev–Trinajstić information content (AvgIpc) is 0. The molecule has 0 aromatic carbocycles. The molecule has 0 atom stereocenters. The first-order valence-electron chi connectivity index (χ1n) is 0. The Labute approximate surface area is 112 Å². The Kier molecular flexibility index (Phi) is 20000. The van der Waals surface area contributed by atoms with E-state index in [1.165, 1.54) is 0 Å². The first-order valence-corrected chi connectivity index (χ1v) is 0. The second-order valence-corrected chi connectivity index (χ2v) is 0. The summed E-state index contributed by atoms with van der Waals surface area (Å²) in [4.78, 5) is 0. The van der Waals surface area contributed by atoms with Gasteiger partial charge in [-0.25, -0.2) is 0 Å². The van der Waals surface area contributed by atoms with E-state index in [2.05, 4.69) is 0 Å². The van der Waals surface area contributed by atoms with Gasteiger partial charge in [0, 0.05) is 0 Å². The monoisotopic (exact) mass is 397 g/mol. The summed E-state index contributed by atoms with van der Waals surface area (Å²) in [6, 6.07) is 0. The fraction of sp³-hybridized carbons (Fsp3) is 0. The molecular weight excluding hydrogens is 386 g/mol. The smallest absolute Gasteiger partial charge is 1.00 e. The van der Waals surface area contributed by atoms with Crippen molar-refractivity contribution in [2.75, 3.05) is 0 Å². The zero-order chi connectivity index (χ0) is 0. The molecule has 0 heterocycles. The largest absolute Gasteiger partial charge is 3.00 e. The standard InChI is InChI=1S/3ClH.Er.7H2O/h3*1H;;7*1H2/q;;;+3;;;;;;;/p-3. The van der Waals surface area contributed by atoms with E-state index < -0.39 is 0 Å². The molecule has 89 valence electrons. The zero-order valence-electron chi connectivity index (χ0n) is 4.92. The SMILES string of the molecule is O.O.O.O.O.O.O.[Cl-].[Cl-].[Cl-].[Er+3]. The van der Waals surface area contributed by atoms with Crippen molar-refractivity contribution in [2.24, 2.45) is 0 Å². The maximum absolute atomic E-state index is 0. The van der Waals surface area contributed by atoms with Gasteiger partial charge in [0.2, 0.25) is 0 Å². The summed E-state index contributed by atoms with van der Waals surface area (Å²) < 4.78 is 0. The van der Waals surface area contributed by atoms with Gasteiger partial charge in [0.15, 0.2) is 0 Å². The van der Waals surface area contributed by atoms with Crippen molar-refractivity contribution in [1.29, 1.82) is 0 Å². The van der Waals surface area contributed by atoms with Crippen LogP contribution in [0.3, 0.4) is 0 Å². The fourth-order valence-corrected chi connectivity index (χ4v) is 0. The van der Waals surface area contributed by atoms with E-state index in [1.54, 1.807) is 0 Å².